The molecule has 1 atom stereocenters. The van der Waals surface area contributed by atoms with Gasteiger partial charge in [-0.05, 0) is 19.1 Å². The van der Waals surface area contributed by atoms with E-state index in [0.717, 1.165) is 5.56 Å². The van der Waals surface area contributed by atoms with Crippen LogP contribution in [0.25, 0.3) is 0 Å². The standard InChI is InChI=1S/C10H13NO3S/c1-8-2-4-10(5-3-8)15(12,13)11-6-9-7-14-9/h2-5,9,11H,6-7H2,1H3/t9-/m0/s1. The van der Waals surface area contributed by atoms with Crippen molar-refractivity contribution in [2.24, 2.45) is 0 Å². The fourth-order valence-corrected chi connectivity index (χ4v) is 2.26. The van der Waals surface area contributed by atoms with Gasteiger partial charge in [0.2, 0.25) is 10.0 Å². The molecule has 5 heteroatoms. The van der Waals surface area contributed by atoms with Crippen molar-refractivity contribution in [1.82, 2.24) is 4.72 Å². The quantitative estimate of drug-likeness (QED) is 0.769. The minimum Gasteiger partial charge on any atom is -0.372 e. The lowest BCUT2D eigenvalue weighted by molar-refractivity contribution is 0.406. The molecule has 0 unspecified atom stereocenters. The number of rotatable bonds is 4. The average molecular weight is 227 g/mol. The molecular weight excluding hydrogens is 214 g/mol. The Bertz CT molecular complexity index is 434. The van der Waals surface area contributed by atoms with E-state index in [1.54, 1.807) is 24.3 Å². The molecule has 1 aromatic carbocycles. The summed E-state index contributed by atoms with van der Waals surface area (Å²) < 4.78 is 30.9. The molecule has 0 aliphatic carbocycles. The van der Waals surface area contributed by atoms with Crippen molar-refractivity contribution in [3.63, 3.8) is 0 Å². The molecule has 15 heavy (non-hydrogen) atoms. The van der Waals surface area contributed by atoms with Gasteiger partial charge in [-0.25, -0.2) is 13.1 Å². The highest BCUT2D eigenvalue weighted by Crippen LogP contribution is 2.12. The van der Waals surface area contributed by atoms with Gasteiger partial charge in [0.25, 0.3) is 0 Å². The van der Waals surface area contributed by atoms with Gasteiger partial charge in [-0.1, -0.05) is 17.7 Å². The lowest BCUT2D eigenvalue weighted by atomic mass is 10.2. The summed E-state index contributed by atoms with van der Waals surface area (Å²) in [5.74, 6) is 0. The molecule has 1 aromatic rings. The number of sulfonamides is 1. The normalized spacial score (nSPS) is 20.2. The minimum absolute atomic E-state index is 0.0604. The van der Waals surface area contributed by atoms with Crippen molar-refractivity contribution in [2.45, 2.75) is 17.9 Å². The zero-order valence-corrected chi connectivity index (χ0v) is 9.25. The molecular formula is C10H13NO3S. The third-order valence-electron chi connectivity index (χ3n) is 2.23. The van der Waals surface area contributed by atoms with Gasteiger partial charge >= 0.3 is 0 Å². The van der Waals surface area contributed by atoms with Crippen molar-refractivity contribution < 1.29 is 13.2 Å². The predicted octanol–water partition coefficient (Wildman–Crippen LogP) is 0.672. The van der Waals surface area contributed by atoms with E-state index in [1.165, 1.54) is 0 Å². The molecule has 1 aliphatic heterocycles. The van der Waals surface area contributed by atoms with Crippen LogP contribution in [-0.4, -0.2) is 27.7 Å². The third-order valence-corrected chi connectivity index (χ3v) is 3.67. The van der Waals surface area contributed by atoms with E-state index in [4.69, 9.17) is 4.74 Å². The largest absolute Gasteiger partial charge is 0.372 e. The van der Waals surface area contributed by atoms with Gasteiger partial charge < -0.3 is 4.74 Å². The van der Waals surface area contributed by atoms with Crippen molar-refractivity contribution in [3.05, 3.63) is 29.8 Å². The Morgan fingerprint density at radius 3 is 2.53 bits per heavy atom. The monoisotopic (exact) mass is 227 g/mol. The molecule has 0 bridgehead atoms. The Morgan fingerprint density at radius 2 is 2.00 bits per heavy atom. The predicted molar refractivity (Wildman–Crippen MR) is 56.1 cm³/mol. The van der Waals surface area contributed by atoms with Crippen LogP contribution < -0.4 is 4.72 Å². The van der Waals surface area contributed by atoms with Crippen molar-refractivity contribution in [1.29, 1.82) is 0 Å². The first-order valence-electron chi connectivity index (χ1n) is 4.76. The second kappa shape index (κ2) is 3.92. The van der Waals surface area contributed by atoms with Crippen LogP contribution in [0.15, 0.2) is 29.2 Å². The number of aryl methyl sites for hydroxylation is 1. The first kappa shape index (κ1) is 10.6. The summed E-state index contributed by atoms with van der Waals surface area (Å²) in [5.41, 5.74) is 1.04. The fourth-order valence-electron chi connectivity index (χ4n) is 1.19. The second-order valence-electron chi connectivity index (χ2n) is 3.62. The Balaban J connectivity index is 2.09. The highest BCUT2D eigenvalue weighted by Gasteiger charge is 2.25. The summed E-state index contributed by atoms with van der Waals surface area (Å²) in [6, 6.07) is 6.77. The van der Waals surface area contributed by atoms with Crippen LogP contribution in [0.3, 0.4) is 0 Å². The van der Waals surface area contributed by atoms with Crippen LogP contribution in [0.2, 0.25) is 0 Å². The molecule has 2 rings (SSSR count). The maximum Gasteiger partial charge on any atom is 0.240 e. The lowest BCUT2D eigenvalue weighted by Crippen LogP contribution is -2.27. The molecule has 0 spiro atoms. The van der Waals surface area contributed by atoms with Gasteiger partial charge in [-0.15, -0.1) is 0 Å². The first-order chi connectivity index (χ1) is 7.08. The first-order valence-corrected chi connectivity index (χ1v) is 6.24. The van der Waals surface area contributed by atoms with Crippen LogP contribution in [0.5, 0.6) is 0 Å². The number of nitrogens with one attached hydrogen (secondary N) is 1. The summed E-state index contributed by atoms with van der Waals surface area (Å²) in [6.45, 7) is 2.93. The highest BCUT2D eigenvalue weighted by atomic mass is 32.2. The van der Waals surface area contributed by atoms with Gasteiger partial charge in [0.05, 0.1) is 17.6 Å². The maximum atomic E-state index is 11.7. The van der Waals surface area contributed by atoms with Crippen LogP contribution in [0, 0.1) is 6.92 Å². The summed E-state index contributed by atoms with van der Waals surface area (Å²) >= 11 is 0. The smallest absolute Gasteiger partial charge is 0.240 e. The molecule has 1 saturated heterocycles. The van der Waals surface area contributed by atoms with Crippen molar-refractivity contribution >= 4 is 10.0 Å². The Labute approximate surface area is 89.3 Å². The van der Waals surface area contributed by atoms with Crippen LogP contribution in [0.1, 0.15) is 5.56 Å². The molecule has 0 saturated carbocycles. The molecule has 0 aromatic heterocycles. The van der Waals surface area contributed by atoms with E-state index < -0.39 is 10.0 Å². The molecule has 1 aliphatic rings. The molecule has 1 heterocycles. The summed E-state index contributed by atoms with van der Waals surface area (Å²) in [6.07, 6.45) is 0.0604. The van der Waals surface area contributed by atoms with Gasteiger partial charge in [0.15, 0.2) is 0 Å². The molecule has 1 N–H and O–H groups in total. The third kappa shape index (κ3) is 2.77. The van der Waals surface area contributed by atoms with Crippen molar-refractivity contribution in [2.75, 3.05) is 13.2 Å². The van der Waals surface area contributed by atoms with E-state index >= 15 is 0 Å². The molecule has 82 valence electrons. The fraction of sp³-hybridized carbons (Fsp3) is 0.400. The Morgan fingerprint density at radius 1 is 1.40 bits per heavy atom. The van der Waals surface area contributed by atoms with Crippen molar-refractivity contribution in [3.8, 4) is 0 Å². The molecule has 0 radical (unpaired) electrons. The maximum absolute atomic E-state index is 11.7. The van der Waals surface area contributed by atoms with E-state index in [2.05, 4.69) is 4.72 Å². The van der Waals surface area contributed by atoms with Gasteiger partial charge in [-0.2, -0.15) is 0 Å². The molecule has 0 amide bonds. The van der Waals surface area contributed by atoms with E-state index in [1.807, 2.05) is 6.92 Å². The zero-order valence-electron chi connectivity index (χ0n) is 8.43. The second-order valence-corrected chi connectivity index (χ2v) is 5.39. The van der Waals surface area contributed by atoms with Gasteiger partial charge in [0, 0.05) is 6.54 Å². The Hall–Kier alpha value is -0.910. The number of hydrogen-bond acceptors (Lipinski definition) is 3. The van der Waals surface area contributed by atoms with E-state index in [-0.39, 0.29) is 6.10 Å². The number of epoxide rings is 1. The SMILES string of the molecule is Cc1ccc(S(=O)(=O)NC[C@H]2CO2)cc1. The average Bonchev–Trinajstić information content (AvgIpc) is 2.99. The Kier molecular flexibility index (Phi) is 2.77. The van der Waals surface area contributed by atoms with Crippen LogP contribution >= 0.6 is 0 Å². The molecule has 1 fully saturated rings. The van der Waals surface area contributed by atoms with Gasteiger partial charge in [-0.3, -0.25) is 0 Å². The van der Waals surface area contributed by atoms with Crippen LogP contribution in [0.4, 0.5) is 0 Å². The summed E-state index contributed by atoms with van der Waals surface area (Å²) in [7, 11) is -3.36. The number of benzene rings is 1. The van der Waals surface area contributed by atoms with Crippen LogP contribution in [-0.2, 0) is 14.8 Å². The summed E-state index contributed by atoms with van der Waals surface area (Å²) in [4.78, 5) is 0.300. The highest BCUT2D eigenvalue weighted by molar-refractivity contribution is 7.89. The zero-order chi connectivity index (χ0) is 10.9. The minimum atomic E-state index is -3.36. The summed E-state index contributed by atoms with van der Waals surface area (Å²) in [5, 5.41) is 0. The number of hydrogen-bond donors (Lipinski definition) is 1. The van der Waals surface area contributed by atoms with E-state index in [0.29, 0.717) is 18.0 Å². The van der Waals surface area contributed by atoms with Gasteiger partial charge in [0.1, 0.15) is 0 Å². The van der Waals surface area contributed by atoms with E-state index in [9.17, 15) is 8.42 Å². The lowest BCUT2D eigenvalue weighted by Gasteiger charge is -2.05. The molecule has 4 nitrogen and oxygen atoms in total. The number of ether oxygens (including phenoxy) is 1. The topological polar surface area (TPSA) is 58.7 Å².